The van der Waals surface area contributed by atoms with Crippen LogP contribution in [0.15, 0.2) is 24.4 Å². The van der Waals surface area contributed by atoms with Gasteiger partial charge in [0, 0.05) is 24.5 Å². The van der Waals surface area contributed by atoms with Crippen LogP contribution in [0.3, 0.4) is 0 Å². The Kier molecular flexibility index (Phi) is 2.20. The summed E-state index contributed by atoms with van der Waals surface area (Å²) in [5.41, 5.74) is 9.22. The number of benzene rings is 1. The van der Waals surface area contributed by atoms with Gasteiger partial charge in [0.1, 0.15) is 0 Å². The lowest BCUT2D eigenvalue weighted by Gasteiger charge is -2.29. The Labute approximate surface area is 85.0 Å². The van der Waals surface area contributed by atoms with Crippen molar-refractivity contribution in [1.29, 1.82) is 0 Å². The first-order chi connectivity index (χ1) is 6.66. The van der Waals surface area contributed by atoms with E-state index < -0.39 is 0 Å². The average Bonchev–Trinajstić information content (AvgIpc) is 2.16. The van der Waals surface area contributed by atoms with E-state index in [2.05, 4.69) is 43.2 Å². The molecule has 2 rings (SSSR count). The minimum atomic E-state index is 0.542. The van der Waals surface area contributed by atoms with Crippen molar-refractivity contribution in [2.24, 2.45) is 0 Å². The third-order valence-corrected chi connectivity index (χ3v) is 2.63. The summed E-state index contributed by atoms with van der Waals surface area (Å²) in [5.74, 6) is 0. The molecule has 0 amide bonds. The molecule has 2 N–H and O–H groups in total. The lowest BCUT2D eigenvalue weighted by molar-refractivity contribution is 0.302. The van der Waals surface area contributed by atoms with Gasteiger partial charge in [-0.2, -0.15) is 0 Å². The summed E-state index contributed by atoms with van der Waals surface area (Å²) in [5, 5.41) is 0. The van der Waals surface area contributed by atoms with E-state index in [1.165, 1.54) is 11.1 Å². The normalized spacial score (nSPS) is 14.6. The number of nitrogens with two attached hydrogens (primary N) is 1. The first-order valence-electron chi connectivity index (χ1n) is 4.99. The molecule has 0 saturated carbocycles. The van der Waals surface area contributed by atoms with E-state index in [1.54, 1.807) is 0 Å². The molecule has 0 radical (unpaired) electrons. The van der Waals surface area contributed by atoms with E-state index in [0.717, 1.165) is 12.2 Å². The molecule has 14 heavy (non-hydrogen) atoms. The van der Waals surface area contributed by atoms with Crippen LogP contribution in [0.1, 0.15) is 25.0 Å². The Bertz CT molecular complexity index is 367. The van der Waals surface area contributed by atoms with Crippen LogP contribution in [0.5, 0.6) is 0 Å². The highest BCUT2D eigenvalue weighted by Gasteiger charge is 2.12. The number of rotatable bonds is 1. The van der Waals surface area contributed by atoms with Gasteiger partial charge in [0.05, 0.1) is 0 Å². The van der Waals surface area contributed by atoms with Crippen LogP contribution in [-0.2, 0) is 6.54 Å². The maximum atomic E-state index is 5.76. The number of nitrogen functional groups attached to an aromatic ring is 1. The van der Waals surface area contributed by atoms with Crippen molar-refractivity contribution in [3.8, 4) is 0 Å². The van der Waals surface area contributed by atoms with E-state index in [9.17, 15) is 0 Å². The molecule has 1 aliphatic rings. The maximum absolute atomic E-state index is 5.76. The number of nitrogens with zero attached hydrogens (tertiary/aromatic N) is 1. The van der Waals surface area contributed by atoms with E-state index in [-0.39, 0.29) is 0 Å². The zero-order valence-corrected chi connectivity index (χ0v) is 8.70. The Morgan fingerprint density at radius 2 is 2.14 bits per heavy atom. The third kappa shape index (κ3) is 1.60. The predicted octanol–water partition coefficient (Wildman–Crippen LogP) is 2.46. The molecule has 0 bridgehead atoms. The number of fused-ring (bicyclic) bond motifs is 1. The van der Waals surface area contributed by atoms with Gasteiger partial charge in [-0.15, -0.1) is 0 Å². The summed E-state index contributed by atoms with van der Waals surface area (Å²) < 4.78 is 0. The lowest BCUT2D eigenvalue weighted by Crippen LogP contribution is -2.26. The molecule has 2 nitrogen and oxygen atoms in total. The van der Waals surface area contributed by atoms with Crippen molar-refractivity contribution in [1.82, 2.24) is 4.90 Å². The fourth-order valence-electron chi connectivity index (χ4n) is 1.71. The van der Waals surface area contributed by atoms with E-state index >= 15 is 0 Å². The summed E-state index contributed by atoms with van der Waals surface area (Å²) in [7, 11) is 0. The molecule has 0 aromatic heterocycles. The molecule has 1 heterocycles. The SMILES string of the molecule is CC(C)N1C=Cc2ccc(N)cc2C1. The molecule has 0 fully saturated rings. The standard InChI is InChI=1S/C12H16N2/c1-9(2)14-6-5-10-3-4-12(13)7-11(10)8-14/h3-7,9H,8,13H2,1-2H3. The molecule has 2 heteroatoms. The second kappa shape index (κ2) is 3.37. The van der Waals surface area contributed by atoms with E-state index in [1.807, 2.05) is 6.07 Å². The fraction of sp³-hybridized carbons (Fsp3) is 0.333. The molecule has 0 unspecified atom stereocenters. The summed E-state index contributed by atoms with van der Waals surface area (Å²) in [6, 6.07) is 6.64. The van der Waals surface area contributed by atoms with Crippen LogP contribution in [0, 0.1) is 0 Å². The smallest absolute Gasteiger partial charge is 0.0433 e. The Hall–Kier alpha value is -1.44. The molecule has 0 saturated heterocycles. The number of anilines is 1. The van der Waals surface area contributed by atoms with Crippen LogP contribution in [0.4, 0.5) is 5.69 Å². The maximum Gasteiger partial charge on any atom is 0.0433 e. The van der Waals surface area contributed by atoms with Crippen molar-refractivity contribution in [2.75, 3.05) is 5.73 Å². The first-order valence-corrected chi connectivity index (χ1v) is 4.99. The van der Waals surface area contributed by atoms with Crippen LogP contribution in [0.2, 0.25) is 0 Å². The summed E-state index contributed by atoms with van der Waals surface area (Å²) >= 11 is 0. The van der Waals surface area contributed by atoms with Gasteiger partial charge in [0.15, 0.2) is 0 Å². The minimum absolute atomic E-state index is 0.542. The summed E-state index contributed by atoms with van der Waals surface area (Å²) in [6.07, 6.45) is 4.31. The zero-order valence-electron chi connectivity index (χ0n) is 8.70. The van der Waals surface area contributed by atoms with Crippen molar-refractivity contribution in [2.45, 2.75) is 26.4 Å². The largest absolute Gasteiger partial charge is 0.399 e. The van der Waals surface area contributed by atoms with E-state index in [4.69, 9.17) is 5.73 Å². The van der Waals surface area contributed by atoms with Crippen LogP contribution in [0.25, 0.3) is 6.08 Å². The second-order valence-electron chi connectivity index (χ2n) is 4.04. The van der Waals surface area contributed by atoms with Crippen molar-refractivity contribution >= 4 is 11.8 Å². The zero-order chi connectivity index (χ0) is 10.1. The predicted molar refractivity (Wildman–Crippen MR) is 60.6 cm³/mol. The van der Waals surface area contributed by atoms with Gasteiger partial charge in [-0.3, -0.25) is 0 Å². The van der Waals surface area contributed by atoms with Gasteiger partial charge in [-0.1, -0.05) is 6.07 Å². The molecule has 1 aromatic rings. The molecule has 1 aliphatic heterocycles. The Morgan fingerprint density at radius 3 is 2.86 bits per heavy atom. The molecule has 0 atom stereocenters. The fourth-order valence-corrected chi connectivity index (χ4v) is 1.71. The van der Waals surface area contributed by atoms with Crippen molar-refractivity contribution < 1.29 is 0 Å². The topological polar surface area (TPSA) is 29.3 Å². The average molecular weight is 188 g/mol. The molecule has 1 aromatic carbocycles. The summed E-state index contributed by atoms with van der Waals surface area (Å²) in [6.45, 7) is 5.36. The Morgan fingerprint density at radius 1 is 1.36 bits per heavy atom. The monoisotopic (exact) mass is 188 g/mol. The van der Waals surface area contributed by atoms with Crippen LogP contribution < -0.4 is 5.73 Å². The second-order valence-corrected chi connectivity index (χ2v) is 4.04. The number of hydrogen-bond donors (Lipinski definition) is 1. The van der Waals surface area contributed by atoms with Gasteiger partial charge in [-0.25, -0.2) is 0 Å². The van der Waals surface area contributed by atoms with Gasteiger partial charge >= 0.3 is 0 Å². The highest BCUT2D eigenvalue weighted by molar-refractivity contribution is 5.59. The van der Waals surface area contributed by atoms with Crippen LogP contribution in [-0.4, -0.2) is 10.9 Å². The molecule has 0 spiro atoms. The molecular formula is C12H16N2. The van der Waals surface area contributed by atoms with Crippen molar-refractivity contribution in [3.63, 3.8) is 0 Å². The molecular weight excluding hydrogens is 172 g/mol. The van der Waals surface area contributed by atoms with E-state index in [0.29, 0.717) is 6.04 Å². The minimum Gasteiger partial charge on any atom is -0.399 e. The first kappa shape index (κ1) is 9.13. The highest BCUT2D eigenvalue weighted by atomic mass is 15.1. The van der Waals surface area contributed by atoms with Crippen LogP contribution >= 0.6 is 0 Å². The van der Waals surface area contributed by atoms with Gasteiger partial charge in [0.25, 0.3) is 0 Å². The van der Waals surface area contributed by atoms with Gasteiger partial charge in [-0.05, 0) is 43.2 Å². The molecule has 74 valence electrons. The lowest BCUT2D eigenvalue weighted by atomic mass is 10.0. The number of hydrogen-bond acceptors (Lipinski definition) is 2. The Balaban J connectivity index is 2.32. The third-order valence-electron chi connectivity index (χ3n) is 2.63. The van der Waals surface area contributed by atoms with Gasteiger partial charge in [0.2, 0.25) is 0 Å². The molecule has 0 aliphatic carbocycles. The van der Waals surface area contributed by atoms with Gasteiger partial charge < -0.3 is 10.6 Å². The van der Waals surface area contributed by atoms with Crippen molar-refractivity contribution in [3.05, 3.63) is 35.5 Å². The highest BCUT2D eigenvalue weighted by Crippen LogP contribution is 2.22. The summed E-state index contributed by atoms with van der Waals surface area (Å²) in [4.78, 5) is 2.31. The quantitative estimate of drug-likeness (QED) is 0.686.